The van der Waals surface area contributed by atoms with Crippen LogP contribution in [0, 0.1) is 17.7 Å². The highest BCUT2D eigenvalue weighted by atomic mass is 35.5. The first-order chi connectivity index (χ1) is 15.3. The number of aryl methyl sites for hydroxylation is 1. The lowest BCUT2D eigenvalue weighted by molar-refractivity contribution is -0.147. The third-order valence-electron chi connectivity index (χ3n) is 6.55. The van der Waals surface area contributed by atoms with E-state index in [0.717, 1.165) is 25.1 Å². The fraction of sp³-hybridized carbons (Fsp3) is 0.423. The molecule has 1 fully saturated rings. The molecule has 2 aromatic rings. The number of fused-ring (bicyclic) bond motifs is 1. The second-order valence-corrected chi connectivity index (χ2v) is 9.57. The third-order valence-corrected chi connectivity index (χ3v) is 6.78. The van der Waals surface area contributed by atoms with Gasteiger partial charge in [0.25, 0.3) is 0 Å². The highest BCUT2D eigenvalue weighted by Crippen LogP contribution is 2.34. The standard InChI is InChI=1S/C26H29ClFNO3/c1-16(9-19-5-6-22(27)11-25(19)28)15-32-23-7-8-24-17(2)20(4-3-18(24)10-23)12-29-13-21(14-29)26(30)31/h5-8,10-11,16,21H,3-4,9,12-15H2,1-2H3,(H,30,31)/t16-/m0/s1. The van der Waals surface area contributed by atoms with Crippen LogP contribution in [-0.4, -0.2) is 42.2 Å². The normalized spacial score (nSPS) is 17.6. The maximum absolute atomic E-state index is 14.0. The summed E-state index contributed by atoms with van der Waals surface area (Å²) in [5.41, 5.74) is 5.88. The molecule has 0 radical (unpaired) electrons. The molecule has 1 atom stereocenters. The number of ether oxygens (including phenoxy) is 1. The zero-order valence-corrected chi connectivity index (χ0v) is 19.3. The molecular formula is C26H29ClFNO3. The molecule has 0 bridgehead atoms. The number of carboxylic acids is 1. The van der Waals surface area contributed by atoms with Crippen LogP contribution in [0.2, 0.25) is 5.02 Å². The van der Waals surface area contributed by atoms with Gasteiger partial charge in [0.05, 0.1) is 12.5 Å². The van der Waals surface area contributed by atoms with Gasteiger partial charge in [-0.15, -0.1) is 0 Å². The first kappa shape index (κ1) is 22.8. The van der Waals surface area contributed by atoms with E-state index in [1.807, 2.05) is 6.07 Å². The van der Waals surface area contributed by atoms with E-state index in [-0.39, 0.29) is 17.7 Å². The van der Waals surface area contributed by atoms with Crippen molar-refractivity contribution in [2.24, 2.45) is 11.8 Å². The van der Waals surface area contributed by atoms with E-state index in [2.05, 4.69) is 30.9 Å². The Morgan fingerprint density at radius 1 is 1.25 bits per heavy atom. The summed E-state index contributed by atoms with van der Waals surface area (Å²) in [4.78, 5) is 13.2. The largest absolute Gasteiger partial charge is 0.493 e. The van der Waals surface area contributed by atoms with Crippen LogP contribution < -0.4 is 4.74 Å². The molecule has 1 aliphatic carbocycles. The lowest BCUT2D eigenvalue weighted by Gasteiger charge is -2.38. The quantitative estimate of drug-likeness (QED) is 0.570. The summed E-state index contributed by atoms with van der Waals surface area (Å²) in [5.74, 6) is -0.171. The molecule has 2 aromatic carbocycles. The van der Waals surface area contributed by atoms with Gasteiger partial charge in [-0.25, -0.2) is 4.39 Å². The number of halogens is 2. The van der Waals surface area contributed by atoms with Crippen LogP contribution in [-0.2, 0) is 17.6 Å². The highest BCUT2D eigenvalue weighted by Gasteiger charge is 2.33. The number of rotatable bonds is 8. The molecule has 2 aliphatic rings. The van der Waals surface area contributed by atoms with Crippen molar-refractivity contribution >= 4 is 23.1 Å². The van der Waals surface area contributed by atoms with Crippen molar-refractivity contribution in [1.82, 2.24) is 4.90 Å². The van der Waals surface area contributed by atoms with E-state index in [1.165, 1.54) is 28.3 Å². The van der Waals surface area contributed by atoms with E-state index in [4.69, 9.17) is 21.4 Å². The minimum Gasteiger partial charge on any atom is -0.493 e. The molecule has 0 unspecified atom stereocenters. The van der Waals surface area contributed by atoms with Gasteiger partial charge >= 0.3 is 5.97 Å². The zero-order chi connectivity index (χ0) is 22.8. The van der Waals surface area contributed by atoms with Gasteiger partial charge in [0, 0.05) is 24.7 Å². The average Bonchev–Trinajstić information content (AvgIpc) is 2.72. The Kier molecular flexibility index (Phi) is 6.87. The van der Waals surface area contributed by atoms with E-state index < -0.39 is 5.97 Å². The number of hydrogen-bond acceptors (Lipinski definition) is 3. The fourth-order valence-electron chi connectivity index (χ4n) is 4.58. The molecule has 1 heterocycles. The van der Waals surface area contributed by atoms with E-state index >= 15 is 0 Å². The minimum atomic E-state index is -0.693. The van der Waals surface area contributed by atoms with Gasteiger partial charge in [0.2, 0.25) is 0 Å². The molecule has 0 spiro atoms. The molecule has 0 aromatic heterocycles. The molecule has 1 N–H and O–H groups in total. The van der Waals surface area contributed by atoms with Crippen LogP contribution in [0.4, 0.5) is 4.39 Å². The smallest absolute Gasteiger partial charge is 0.309 e. The molecule has 170 valence electrons. The van der Waals surface area contributed by atoms with Gasteiger partial charge in [-0.05, 0) is 78.6 Å². The molecular weight excluding hydrogens is 429 g/mol. The number of benzene rings is 2. The van der Waals surface area contributed by atoms with Gasteiger partial charge in [-0.3, -0.25) is 9.69 Å². The molecule has 4 rings (SSSR count). The Balaban J connectivity index is 1.34. The van der Waals surface area contributed by atoms with Gasteiger partial charge in [0.1, 0.15) is 11.6 Å². The molecule has 1 saturated heterocycles. The Labute approximate surface area is 193 Å². The van der Waals surface area contributed by atoms with Crippen molar-refractivity contribution in [2.75, 3.05) is 26.2 Å². The zero-order valence-electron chi connectivity index (χ0n) is 18.5. The lowest BCUT2D eigenvalue weighted by Crippen LogP contribution is -2.50. The number of carboxylic acid groups (broad SMARTS) is 1. The summed E-state index contributed by atoms with van der Waals surface area (Å²) in [6.07, 6.45) is 2.54. The predicted molar refractivity (Wildman–Crippen MR) is 125 cm³/mol. The molecule has 0 saturated carbocycles. The summed E-state index contributed by atoms with van der Waals surface area (Å²) in [6.45, 7) is 6.86. The SMILES string of the molecule is CC1=C(CN2CC(C(=O)O)C2)CCc2cc(OC[C@@H](C)Cc3ccc(Cl)cc3F)ccc21. The van der Waals surface area contributed by atoms with Gasteiger partial charge < -0.3 is 9.84 Å². The molecule has 0 amide bonds. The summed E-state index contributed by atoms with van der Waals surface area (Å²) >= 11 is 5.83. The second kappa shape index (κ2) is 9.63. The first-order valence-electron chi connectivity index (χ1n) is 11.1. The van der Waals surface area contributed by atoms with E-state index in [1.54, 1.807) is 12.1 Å². The summed E-state index contributed by atoms with van der Waals surface area (Å²) in [5, 5.41) is 9.48. The van der Waals surface area contributed by atoms with Crippen molar-refractivity contribution in [3.8, 4) is 5.75 Å². The number of carbonyl (C=O) groups is 1. The Hall–Kier alpha value is -2.37. The van der Waals surface area contributed by atoms with Crippen molar-refractivity contribution in [3.63, 3.8) is 0 Å². The third kappa shape index (κ3) is 5.16. The highest BCUT2D eigenvalue weighted by molar-refractivity contribution is 6.30. The topological polar surface area (TPSA) is 49.8 Å². The van der Waals surface area contributed by atoms with Crippen LogP contribution >= 0.6 is 11.6 Å². The van der Waals surface area contributed by atoms with Crippen LogP contribution in [0.25, 0.3) is 5.57 Å². The predicted octanol–water partition coefficient (Wildman–Crippen LogP) is 5.47. The van der Waals surface area contributed by atoms with Crippen molar-refractivity contribution in [2.45, 2.75) is 33.1 Å². The monoisotopic (exact) mass is 457 g/mol. The van der Waals surface area contributed by atoms with Gasteiger partial charge in [-0.1, -0.05) is 36.2 Å². The van der Waals surface area contributed by atoms with Gasteiger partial charge in [0.15, 0.2) is 0 Å². The lowest BCUT2D eigenvalue weighted by atomic mass is 9.85. The Morgan fingerprint density at radius 3 is 2.75 bits per heavy atom. The Morgan fingerprint density at radius 2 is 2.03 bits per heavy atom. The van der Waals surface area contributed by atoms with Crippen molar-refractivity contribution < 1.29 is 19.0 Å². The van der Waals surface area contributed by atoms with Crippen LogP contribution in [0.5, 0.6) is 5.75 Å². The summed E-state index contributed by atoms with van der Waals surface area (Å²) in [6, 6.07) is 11.1. The number of likely N-dealkylation sites (tertiary alicyclic amines) is 1. The van der Waals surface area contributed by atoms with Crippen LogP contribution in [0.3, 0.4) is 0 Å². The average molecular weight is 458 g/mol. The van der Waals surface area contributed by atoms with Gasteiger partial charge in [-0.2, -0.15) is 0 Å². The molecule has 32 heavy (non-hydrogen) atoms. The molecule has 1 aliphatic heterocycles. The van der Waals surface area contributed by atoms with Crippen molar-refractivity contribution in [1.29, 1.82) is 0 Å². The molecule has 4 nitrogen and oxygen atoms in total. The number of hydrogen-bond donors (Lipinski definition) is 1. The Bertz CT molecular complexity index is 1050. The van der Waals surface area contributed by atoms with Crippen LogP contribution in [0.15, 0.2) is 42.0 Å². The second-order valence-electron chi connectivity index (χ2n) is 9.13. The van der Waals surface area contributed by atoms with Crippen molar-refractivity contribution in [3.05, 3.63) is 69.5 Å². The maximum Gasteiger partial charge on any atom is 0.309 e. The number of nitrogens with zero attached hydrogens (tertiary/aromatic N) is 1. The summed E-state index contributed by atoms with van der Waals surface area (Å²) in [7, 11) is 0. The first-order valence-corrected chi connectivity index (χ1v) is 11.5. The number of allylic oxidation sites excluding steroid dienone is 1. The summed E-state index contributed by atoms with van der Waals surface area (Å²) < 4.78 is 20.1. The van der Waals surface area contributed by atoms with E-state index in [9.17, 15) is 9.18 Å². The van der Waals surface area contributed by atoms with E-state index in [0.29, 0.717) is 36.7 Å². The maximum atomic E-state index is 14.0. The minimum absolute atomic E-state index is 0.168. The van der Waals surface area contributed by atoms with Crippen LogP contribution in [0.1, 0.15) is 37.0 Å². The fourth-order valence-corrected chi connectivity index (χ4v) is 4.74. The molecule has 6 heteroatoms. The number of aliphatic carboxylic acids is 1.